The maximum Gasteiger partial charge on any atom is 0.219 e. The minimum absolute atomic E-state index is 0.155. The summed E-state index contributed by atoms with van der Waals surface area (Å²) >= 11 is 0. The molecule has 0 aliphatic carbocycles. The van der Waals surface area contributed by atoms with Crippen molar-refractivity contribution >= 4 is 16.8 Å². The number of aryl methyl sites for hydroxylation is 1. The summed E-state index contributed by atoms with van der Waals surface area (Å²) in [7, 11) is 0. The second kappa shape index (κ2) is 7.09. The molecule has 2 aromatic rings. The molecule has 2 heterocycles. The number of pyridine rings is 1. The van der Waals surface area contributed by atoms with Crippen molar-refractivity contribution in [1.82, 2.24) is 15.2 Å². The van der Waals surface area contributed by atoms with Crippen molar-refractivity contribution in [1.29, 1.82) is 0 Å². The molecule has 1 aliphatic rings. The van der Waals surface area contributed by atoms with Crippen LogP contribution in [0.5, 0.6) is 0 Å². The third-order valence-electron chi connectivity index (χ3n) is 4.52. The molecule has 1 aliphatic heterocycles. The topological polar surface area (TPSA) is 45.2 Å². The zero-order valence-corrected chi connectivity index (χ0v) is 14.0. The first-order chi connectivity index (χ1) is 11.2. The molecule has 23 heavy (non-hydrogen) atoms. The van der Waals surface area contributed by atoms with Crippen LogP contribution in [0.1, 0.15) is 37.4 Å². The van der Waals surface area contributed by atoms with Crippen LogP contribution in [0, 0.1) is 6.92 Å². The molecular formula is C19H25N3O. The van der Waals surface area contributed by atoms with Gasteiger partial charge in [0.2, 0.25) is 5.91 Å². The molecule has 0 bridgehead atoms. The predicted molar refractivity (Wildman–Crippen MR) is 93.2 cm³/mol. The summed E-state index contributed by atoms with van der Waals surface area (Å²) in [5.74, 6) is 0.155. The van der Waals surface area contributed by atoms with E-state index in [1.807, 2.05) is 13.0 Å². The average molecular weight is 311 g/mol. The van der Waals surface area contributed by atoms with Crippen LogP contribution in [0.15, 0.2) is 30.3 Å². The van der Waals surface area contributed by atoms with Crippen LogP contribution in [0.3, 0.4) is 0 Å². The standard InChI is InChI=1S/C19H25N3O/c1-3-19(23)21-16-7-6-10-22(13-16)12-15-11-14(2)20-18-9-5-4-8-17(15)18/h4-5,8-9,11,16H,3,6-7,10,12-13H2,1-2H3,(H,21,23)/t16-/m1/s1. The smallest absolute Gasteiger partial charge is 0.219 e. The third kappa shape index (κ3) is 3.88. The van der Waals surface area contributed by atoms with E-state index < -0.39 is 0 Å². The Labute approximate surface area is 137 Å². The van der Waals surface area contributed by atoms with E-state index in [1.165, 1.54) is 10.9 Å². The SMILES string of the molecule is CCC(=O)N[C@@H]1CCCN(Cc2cc(C)nc3ccccc23)C1. The number of likely N-dealkylation sites (tertiary alicyclic amines) is 1. The van der Waals surface area contributed by atoms with Gasteiger partial charge in [-0.3, -0.25) is 14.7 Å². The van der Waals surface area contributed by atoms with E-state index in [1.54, 1.807) is 0 Å². The van der Waals surface area contributed by atoms with Crippen molar-refractivity contribution in [3.05, 3.63) is 41.6 Å². The summed E-state index contributed by atoms with van der Waals surface area (Å²) in [4.78, 5) is 18.7. The molecule has 0 spiro atoms. The highest BCUT2D eigenvalue weighted by Gasteiger charge is 2.21. The number of carbonyl (C=O) groups excluding carboxylic acids is 1. The van der Waals surface area contributed by atoms with Crippen molar-refractivity contribution in [2.24, 2.45) is 0 Å². The summed E-state index contributed by atoms with van der Waals surface area (Å²) in [6.07, 6.45) is 2.78. The number of rotatable bonds is 4. The number of carbonyl (C=O) groups is 1. The molecule has 4 heteroatoms. The Morgan fingerprint density at radius 2 is 2.22 bits per heavy atom. The van der Waals surface area contributed by atoms with Gasteiger partial charge in [0.1, 0.15) is 0 Å². The minimum Gasteiger partial charge on any atom is -0.352 e. The molecule has 1 aromatic carbocycles. The molecule has 1 amide bonds. The molecule has 3 rings (SSSR count). The fraction of sp³-hybridized carbons (Fsp3) is 0.474. The molecule has 122 valence electrons. The first-order valence-electron chi connectivity index (χ1n) is 8.52. The van der Waals surface area contributed by atoms with E-state index in [0.717, 1.165) is 43.7 Å². The lowest BCUT2D eigenvalue weighted by molar-refractivity contribution is -0.121. The summed E-state index contributed by atoms with van der Waals surface area (Å²) in [6, 6.07) is 10.8. The molecule has 4 nitrogen and oxygen atoms in total. The lowest BCUT2D eigenvalue weighted by Gasteiger charge is -2.33. The first-order valence-corrected chi connectivity index (χ1v) is 8.52. The number of benzene rings is 1. The molecular weight excluding hydrogens is 286 g/mol. The Bertz CT molecular complexity index is 698. The second-order valence-electron chi connectivity index (χ2n) is 6.44. The van der Waals surface area contributed by atoms with Crippen LogP contribution in [0.25, 0.3) is 10.9 Å². The van der Waals surface area contributed by atoms with E-state index >= 15 is 0 Å². The largest absolute Gasteiger partial charge is 0.352 e. The predicted octanol–water partition coefficient (Wildman–Crippen LogP) is 3.03. The summed E-state index contributed by atoms with van der Waals surface area (Å²) in [5, 5.41) is 4.37. The molecule has 1 fully saturated rings. The number of aromatic nitrogens is 1. The molecule has 1 atom stereocenters. The van der Waals surface area contributed by atoms with Gasteiger partial charge in [-0.05, 0) is 44.0 Å². The van der Waals surface area contributed by atoms with Crippen molar-refractivity contribution in [2.75, 3.05) is 13.1 Å². The number of fused-ring (bicyclic) bond motifs is 1. The lowest BCUT2D eigenvalue weighted by atomic mass is 10.0. The first kappa shape index (κ1) is 15.9. The Hall–Kier alpha value is -1.94. The van der Waals surface area contributed by atoms with Crippen molar-refractivity contribution in [3.8, 4) is 0 Å². The summed E-state index contributed by atoms with van der Waals surface area (Å²) < 4.78 is 0. The Morgan fingerprint density at radius 1 is 1.39 bits per heavy atom. The zero-order chi connectivity index (χ0) is 16.2. The highest BCUT2D eigenvalue weighted by Crippen LogP contribution is 2.21. The van der Waals surface area contributed by atoms with Crippen molar-refractivity contribution in [3.63, 3.8) is 0 Å². The van der Waals surface area contributed by atoms with Gasteiger partial charge in [0.25, 0.3) is 0 Å². The lowest BCUT2D eigenvalue weighted by Crippen LogP contribution is -2.47. The van der Waals surface area contributed by atoms with Crippen molar-refractivity contribution < 1.29 is 4.79 Å². The number of hydrogen-bond donors (Lipinski definition) is 1. The van der Waals surface area contributed by atoms with E-state index in [4.69, 9.17) is 0 Å². The Kier molecular flexibility index (Phi) is 4.91. The fourth-order valence-electron chi connectivity index (χ4n) is 3.41. The molecule has 1 N–H and O–H groups in total. The van der Waals surface area contributed by atoms with Gasteiger partial charge in [-0.1, -0.05) is 25.1 Å². The molecule has 1 saturated heterocycles. The van der Waals surface area contributed by atoms with Gasteiger partial charge in [0, 0.05) is 36.6 Å². The third-order valence-corrected chi connectivity index (χ3v) is 4.52. The maximum absolute atomic E-state index is 11.6. The second-order valence-corrected chi connectivity index (χ2v) is 6.44. The number of piperidine rings is 1. The Balaban J connectivity index is 1.75. The van der Waals surface area contributed by atoms with E-state index in [2.05, 4.69) is 46.4 Å². The van der Waals surface area contributed by atoms with Crippen LogP contribution >= 0.6 is 0 Å². The number of para-hydroxylation sites is 1. The number of nitrogens with zero attached hydrogens (tertiary/aromatic N) is 2. The van der Waals surface area contributed by atoms with Crippen LogP contribution in [0.4, 0.5) is 0 Å². The maximum atomic E-state index is 11.6. The zero-order valence-electron chi connectivity index (χ0n) is 14.0. The van der Waals surface area contributed by atoms with Gasteiger partial charge >= 0.3 is 0 Å². The number of nitrogens with one attached hydrogen (secondary N) is 1. The van der Waals surface area contributed by atoms with Gasteiger partial charge in [-0.25, -0.2) is 0 Å². The highest BCUT2D eigenvalue weighted by atomic mass is 16.1. The van der Waals surface area contributed by atoms with Crippen molar-refractivity contribution in [2.45, 2.75) is 45.7 Å². The van der Waals surface area contributed by atoms with E-state index in [-0.39, 0.29) is 11.9 Å². The van der Waals surface area contributed by atoms with Crippen LogP contribution in [0.2, 0.25) is 0 Å². The fourth-order valence-corrected chi connectivity index (χ4v) is 3.41. The van der Waals surface area contributed by atoms with E-state index in [9.17, 15) is 4.79 Å². The highest BCUT2D eigenvalue weighted by molar-refractivity contribution is 5.82. The van der Waals surface area contributed by atoms with Gasteiger partial charge in [0.05, 0.1) is 5.52 Å². The molecule has 0 saturated carbocycles. The van der Waals surface area contributed by atoms with Crippen LogP contribution in [-0.2, 0) is 11.3 Å². The summed E-state index contributed by atoms with van der Waals surface area (Å²) in [5.41, 5.74) is 3.46. The van der Waals surface area contributed by atoms with Gasteiger partial charge in [-0.2, -0.15) is 0 Å². The van der Waals surface area contributed by atoms with Crippen LogP contribution < -0.4 is 5.32 Å². The van der Waals surface area contributed by atoms with Gasteiger partial charge in [-0.15, -0.1) is 0 Å². The molecule has 0 radical (unpaired) electrons. The van der Waals surface area contributed by atoms with Crippen LogP contribution in [-0.4, -0.2) is 34.9 Å². The quantitative estimate of drug-likeness (QED) is 0.944. The summed E-state index contributed by atoms with van der Waals surface area (Å²) in [6.45, 7) is 6.90. The number of amides is 1. The normalized spacial score (nSPS) is 19.0. The Morgan fingerprint density at radius 3 is 3.04 bits per heavy atom. The molecule has 0 unspecified atom stereocenters. The van der Waals surface area contributed by atoms with Gasteiger partial charge < -0.3 is 5.32 Å². The molecule has 1 aromatic heterocycles. The number of hydrogen-bond acceptors (Lipinski definition) is 3. The minimum atomic E-state index is 0.155. The average Bonchev–Trinajstić information content (AvgIpc) is 2.55. The van der Waals surface area contributed by atoms with E-state index in [0.29, 0.717) is 6.42 Å². The van der Waals surface area contributed by atoms with Gasteiger partial charge in [0.15, 0.2) is 0 Å². The monoisotopic (exact) mass is 311 g/mol.